The van der Waals surface area contributed by atoms with Crippen molar-refractivity contribution < 1.29 is 19.1 Å². The van der Waals surface area contributed by atoms with Crippen LogP contribution in [0.2, 0.25) is 0 Å². The fraction of sp³-hybridized carbons (Fsp3) is 0.421. The number of amides is 2. The zero-order valence-electron chi connectivity index (χ0n) is 14.8. The molecule has 0 saturated heterocycles. The number of hydrogen-bond acceptors (Lipinski definition) is 5. The predicted octanol–water partition coefficient (Wildman–Crippen LogP) is 2.09. The number of carbonyl (C=O) groups excluding carboxylic acids is 2. The van der Waals surface area contributed by atoms with Crippen LogP contribution in [0.25, 0.3) is 0 Å². The fourth-order valence-corrected chi connectivity index (χ4v) is 3.54. The van der Waals surface area contributed by atoms with Gasteiger partial charge in [-0.05, 0) is 44.2 Å². The van der Waals surface area contributed by atoms with Crippen LogP contribution in [0.3, 0.4) is 0 Å². The van der Waals surface area contributed by atoms with E-state index in [1.165, 1.54) is 0 Å². The summed E-state index contributed by atoms with van der Waals surface area (Å²) in [4.78, 5) is 29.8. The minimum Gasteiger partial charge on any atom is -0.454 e. The number of anilines is 1. The number of hydrogen-bond donors (Lipinski definition) is 2. The largest absolute Gasteiger partial charge is 0.454 e. The SMILES string of the molecule is O=C(Nc1ccc2c(c1)OCO2)c1nc(C(=O)NC2CC2)n2c1CCCC2. The molecule has 5 rings (SSSR count). The van der Waals surface area contributed by atoms with Crippen molar-refractivity contribution in [2.24, 2.45) is 0 Å². The highest BCUT2D eigenvalue weighted by Crippen LogP contribution is 2.34. The van der Waals surface area contributed by atoms with Crippen LogP contribution in [0.1, 0.15) is 52.5 Å². The molecule has 3 aliphatic rings. The number of rotatable bonds is 4. The average Bonchev–Trinajstić information content (AvgIpc) is 3.22. The predicted molar refractivity (Wildman–Crippen MR) is 96.2 cm³/mol. The van der Waals surface area contributed by atoms with E-state index < -0.39 is 0 Å². The highest BCUT2D eigenvalue weighted by molar-refractivity contribution is 6.05. The van der Waals surface area contributed by atoms with Crippen molar-refractivity contribution in [2.75, 3.05) is 12.1 Å². The molecule has 140 valence electrons. The van der Waals surface area contributed by atoms with Crippen molar-refractivity contribution >= 4 is 17.5 Å². The maximum atomic E-state index is 12.9. The second-order valence-corrected chi connectivity index (χ2v) is 7.11. The smallest absolute Gasteiger partial charge is 0.287 e. The van der Waals surface area contributed by atoms with E-state index >= 15 is 0 Å². The Kier molecular flexibility index (Phi) is 3.77. The van der Waals surface area contributed by atoms with E-state index in [9.17, 15) is 9.59 Å². The summed E-state index contributed by atoms with van der Waals surface area (Å²) in [5, 5.41) is 5.83. The van der Waals surface area contributed by atoms with Gasteiger partial charge in [-0.3, -0.25) is 9.59 Å². The summed E-state index contributed by atoms with van der Waals surface area (Å²) in [7, 11) is 0. The Hall–Kier alpha value is -3.03. The van der Waals surface area contributed by atoms with Crippen molar-refractivity contribution in [3.8, 4) is 11.5 Å². The van der Waals surface area contributed by atoms with Crippen LogP contribution >= 0.6 is 0 Å². The normalized spacial score (nSPS) is 17.3. The molecule has 0 spiro atoms. The second kappa shape index (κ2) is 6.29. The number of benzene rings is 1. The summed E-state index contributed by atoms with van der Waals surface area (Å²) in [6.45, 7) is 0.897. The van der Waals surface area contributed by atoms with Crippen LogP contribution in [0.4, 0.5) is 5.69 Å². The van der Waals surface area contributed by atoms with Gasteiger partial charge < -0.3 is 24.7 Å². The lowest BCUT2D eigenvalue weighted by molar-refractivity contribution is 0.0935. The molecule has 1 aromatic carbocycles. The molecule has 0 atom stereocenters. The molecule has 0 bridgehead atoms. The minimum absolute atomic E-state index is 0.181. The Morgan fingerprint density at radius 3 is 2.81 bits per heavy atom. The average molecular weight is 368 g/mol. The molecule has 1 aromatic heterocycles. The Bertz CT molecular complexity index is 932. The highest BCUT2D eigenvalue weighted by atomic mass is 16.7. The first-order valence-electron chi connectivity index (χ1n) is 9.30. The first kappa shape index (κ1) is 16.2. The Morgan fingerprint density at radius 1 is 1.11 bits per heavy atom. The molecule has 1 aliphatic carbocycles. The van der Waals surface area contributed by atoms with Crippen molar-refractivity contribution in [2.45, 2.75) is 44.7 Å². The van der Waals surface area contributed by atoms with Crippen LogP contribution in [0.15, 0.2) is 18.2 Å². The van der Waals surface area contributed by atoms with Gasteiger partial charge in [0, 0.05) is 24.3 Å². The zero-order valence-corrected chi connectivity index (χ0v) is 14.8. The summed E-state index contributed by atoms with van der Waals surface area (Å²) in [6.07, 6.45) is 4.73. The van der Waals surface area contributed by atoms with Crippen molar-refractivity contribution in [1.29, 1.82) is 0 Å². The third-order valence-electron chi connectivity index (χ3n) is 5.08. The molecule has 1 fully saturated rings. The van der Waals surface area contributed by atoms with Crippen molar-refractivity contribution in [1.82, 2.24) is 14.9 Å². The Balaban J connectivity index is 1.42. The highest BCUT2D eigenvalue weighted by Gasteiger charge is 2.30. The van der Waals surface area contributed by atoms with Gasteiger partial charge in [0.15, 0.2) is 23.0 Å². The first-order chi connectivity index (χ1) is 13.2. The van der Waals surface area contributed by atoms with Crippen molar-refractivity contribution in [3.63, 3.8) is 0 Å². The van der Waals surface area contributed by atoms with E-state index in [2.05, 4.69) is 15.6 Å². The lowest BCUT2D eigenvalue weighted by atomic mass is 10.1. The number of aromatic nitrogens is 2. The van der Waals surface area contributed by atoms with Gasteiger partial charge in [-0.1, -0.05) is 0 Å². The van der Waals surface area contributed by atoms with Gasteiger partial charge in [-0.15, -0.1) is 0 Å². The Morgan fingerprint density at radius 2 is 1.96 bits per heavy atom. The van der Waals surface area contributed by atoms with Crippen LogP contribution in [-0.2, 0) is 13.0 Å². The van der Waals surface area contributed by atoms with E-state index in [1.807, 2.05) is 4.57 Å². The van der Waals surface area contributed by atoms with Crippen LogP contribution in [0, 0.1) is 0 Å². The number of carbonyl (C=O) groups is 2. The molecule has 2 aromatic rings. The van der Waals surface area contributed by atoms with Crippen LogP contribution in [-0.4, -0.2) is 34.2 Å². The molecule has 0 unspecified atom stereocenters. The zero-order chi connectivity index (χ0) is 18.4. The molecular weight excluding hydrogens is 348 g/mol. The quantitative estimate of drug-likeness (QED) is 0.862. The number of nitrogens with zero attached hydrogens (tertiary/aromatic N) is 2. The molecular formula is C19H20N4O4. The molecule has 8 heteroatoms. The fourth-order valence-electron chi connectivity index (χ4n) is 3.54. The Labute approximate surface area is 155 Å². The van der Waals surface area contributed by atoms with Crippen LogP contribution in [0.5, 0.6) is 11.5 Å². The van der Waals surface area contributed by atoms with Gasteiger partial charge in [0.1, 0.15) is 0 Å². The summed E-state index contributed by atoms with van der Waals surface area (Å²) >= 11 is 0. The number of nitrogens with one attached hydrogen (secondary N) is 2. The molecule has 1 saturated carbocycles. The third-order valence-corrected chi connectivity index (χ3v) is 5.08. The maximum absolute atomic E-state index is 12.9. The second-order valence-electron chi connectivity index (χ2n) is 7.11. The molecule has 2 aliphatic heterocycles. The topological polar surface area (TPSA) is 94.5 Å². The van der Waals surface area contributed by atoms with Gasteiger partial charge in [0.25, 0.3) is 11.8 Å². The first-order valence-corrected chi connectivity index (χ1v) is 9.30. The van der Waals surface area contributed by atoms with E-state index in [4.69, 9.17) is 9.47 Å². The van der Waals surface area contributed by atoms with Gasteiger partial charge in [-0.25, -0.2) is 4.98 Å². The molecule has 2 N–H and O–H groups in total. The maximum Gasteiger partial charge on any atom is 0.287 e. The van der Waals surface area contributed by atoms with Gasteiger partial charge in [0.05, 0.1) is 5.69 Å². The lowest BCUT2D eigenvalue weighted by Gasteiger charge is -2.17. The van der Waals surface area contributed by atoms with E-state index in [-0.39, 0.29) is 24.6 Å². The summed E-state index contributed by atoms with van der Waals surface area (Å²) in [5.74, 6) is 1.09. The van der Waals surface area contributed by atoms with Crippen molar-refractivity contribution in [3.05, 3.63) is 35.4 Å². The standard InChI is InChI=1S/C19H20N4O4/c24-18(21-12-6-7-14-15(9-12)27-10-26-14)16-13-3-1-2-8-23(13)17(22-16)19(25)20-11-4-5-11/h6-7,9,11H,1-5,8,10H2,(H,20,25)(H,21,24). The van der Waals surface area contributed by atoms with Crippen LogP contribution < -0.4 is 20.1 Å². The molecule has 0 radical (unpaired) electrons. The van der Waals surface area contributed by atoms with Gasteiger partial charge in [-0.2, -0.15) is 0 Å². The minimum atomic E-state index is -0.315. The van der Waals surface area contributed by atoms with E-state index in [0.29, 0.717) is 35.2 Å². The van der Waals surface area contributed by atoms with Gasteiger partial charge in [0.2, 0.25) is 6.79 Å². The number of fused-ring (bicyclic) bond motifs is 2. The van der Waals surface area contributed by atoms with E-state index in [0.717, 1.165) is 37.8 Å². The third kappa shape index (κ3) is 3.01. The summed E-state index contributed by atoms with van der Waals surface area (Å²) in [5.41, 5.74) is 1.76. The van der Waals surface area contributed by atoms with E-state index in [1.54, 1.807) is 18.2 Å². The molecule has 27 heavy (non-hydrogen) atoms. The van der Waals surface area contributed by atoms with Gasteiger partial charge >= 0.3 is 0 Å². The molecule has 2 amide bonds. The summed E-state index contributed by atoms with van der Waals surface area (Å²) < 4.78 is 12.5. The molecule has 8 nitrogen and oxygen atoms in total. The lowest BCUT2D eigenvalue weighted by Crippen LogP contribution is -2.29. The summed E-state index contributed by atoms with van der Waals surface area (Å²) in [6, 6.07) is 5.49. The number of imidazole rings is 1. The monoisotopic (exact) mass is 368 g/mol. The molecule has 3 heterocycles. The number of ether oxygens (including phenoxy) is 2.